The zero-order valence-electron chi connectivity index (χ0n) is 82.9. The molecule has 10 saturated heterocycles. The standard InChI is InChI=1S/C95H151N3O46S/c1-37-39(3)130-86(68(121)71(37)136-80-63(116)57(110)44(103)32-126-80)138-73-41(5)132-87(76(67(73)120)141-79-38(2)56(109)72(40(4)131-79)137-82-69(122)74(46(105)34-128-82)139-84-65(118)61(114)59(112)47(30-100)133-84)144-89(125)95-23-22-90(6,7)28-43(95)42-16-17-51-91(8)20-19-53(135-88-77(142-85-66(119)62(115)60(113)48(31-101)134-85)75(70(123)83(143-88)129-36-102)140-81-64(117)58(111)45(104)33-127-81)92(9,50(91)18-21-93(51,10)94(42,11)29-52(95)106)35-96-97-54(107)15-13-12-14-24-98-55(108)27-49(78(98)124)145-26-25-99/h16,35-41,43-53,56-77,79-88,99-101,103-106,109-123H,12-15,17-34H2,1-11H3,(H,97,107)/b96-35+/t37?,38?,39?,40?,41?,43?,44?,45?,46?,47?,48?,49-,50?,51?,52?,53-,56?,57?,58?,59?,60?,61?,62?,63?,64?,65?,66?,67?,68?,69?,70?,71?,72?,73?,74?,75?,76?,77?,79?,80?,81?,82?,83?,84?,85?,86?,87?,88?,91-,92-,93+,94+,95+/m0/s1. The van der Waals surface area contributed by atoms with E-state index in [0.29, 0.717) is 57.8 Å². The molecule has 15 aliphatic rings. The molecule has 10 aliphatic heterocycles. The summed E-state index contributed by atoms with van der Waals surface area (Å²) in [5, 5.41) is 251. The van der Waals surface area contributed by atoms with Gasteiger partial charge in [-0.25, -0.2) is 5.43 Å². The summed E-state index contributed by atoms with van der Waals surface area (Å²) in [5.74, 6) is -5.37. The summed E-state index contributed by atoms with van der Waals surface area (Å²) in [6.45, 7) is 16.7. The Hall–Kier alpha value is -4.25. The van der Waals surface area contributed by atoms with Crippen molar-refractivity contribution < 1.29 is 226 Å². The molecule has 49 nitrogen and oxygen atoms in total. The first-order valence-electron chi connectivity index (χ1n) is 50.5. The Morgan fingerprint density at radius 2 is 1.02 bits per heavy atom. The smallest absolute Gasteiger partial charge is 0.317 e. The molecule has 4 saturated carbocycles. The highest BCUT2D eigenvalue weighted by Crippen LogP contribution is 2.76. The van der Waals surface area contributed by atoms with Crippen LogP contribution in [0.1, 0.15) is 166 Å². The van der Waals surface area contributed by atoms with Gasteiger partial charge in [0.25, 0.3) is 6.47 Å². The number of nitrogens with zero attached hydrogens (tertiary/aromatic N) is 2. The van der Waals surface area contributed by atoms with Crippen molar-refractivity contribution in [2.45, 2.75) is 430 Å². The molecular formula is C95H151N3O46S. The van der Waals surface area contributed by atoms with Crippen molar-refractivity contribution in [2.75, 3.05) is 51.9 Å². The van der Waals surface area contributed by atoms with Gasteiger partial charge in [-0.1, -0.05) is 73.5 Å². The summed E-state index contributed by atoms with van der Waals surface area (Å²) in [6, 6.07) is 0. The van der Waals surface area contributed by atoms with E-state index < -0.39 is 365 Å². The molecule has 53 atom stereocenters. The quantitative estimate of drug-likeness (QED) is 0.00424. The number of likely N-dealkylation sites (tertiary alicyclic amines) is 1. The lowest BCUT2D eigenvalue weighted by atomic mass is 9.33. The number of allylic oxidation sites excluding steroid dienone is 2. The number of hydrazone groups is 1. The molecular weight excluding hydrogens is 1950 g/mol. The lowest BCUT2D eigenvalue weighted by molar-refractivity contribution is -0.410. The monoisotopic (exact) mass is 2100 g/mol. The summed E-state index contributed by atoms with van der Waals surface area (Å²) < 4.78 is 118. The topological polar surface area (TPSA) is 733 Å². The Labute approximate surface area is 841 Å². The highest BCUT2D eigenvalue weighted by molar-refractivity contribution is 8.00. The maximum absolute atomic E-state index is 16.7. The van der Waals surface area contributed by atoms with Crippen molar-refractivity contribution >= 4 is 48.1 Å². The van der Waals surface area contributed by atoms with Crippen LogP contribution in [-0.4, -0.2) is 469 Å². The van der Waals surface area contributed by atoms with Gasteiger partial charge in [-0.2, -0.15) is 5.10 Å². The third kappa shape index (κ3) is 22.2. The number of hydrogen-bond acceptors (Lipinski definition) is 48. The third-order valence-electron chi connectivity index (χ3n) is 34.5. The van der Waals surface area contributed by atoms with Crippen molar-refractivity contribution in [3.05, 3.63) is 11.6 Å². The van der Waals surface area contributed by atoms with E-state index in [2.05, 4.69) is 46.1 Å². The average Bonchev–Trinajstić information content (AvgIpc) is 0.921. The highest BCUT2D eigenvalue weighted by Gasteiger charge is 2.74. The molecule has 50 heteroatoms. The summed E-state index contributed by atoms with van der Waals surface area (Å²) in [7, 11) is 0. The molecule has 0 radical (unpaired) electrons. The van der Waals surface area contributed by atoms with Crippen LogP contribution in [0.15, 0.2) is 16.8 Å². The Bertz CT molecular complexity index is 4410. The second-order valence-electron chi connectivity index (χ2n) is 44.0. The number of carbonyl (C=O) groups is 5. The van der Waals surface area contributed by atoms with E-state index in [1.54, 1.807) is 20.1 Å². The predicted octanol–water partition coefficient (Wildman–Crippen LogP) is -6.76. The van der Waals surface area contributed by atoms with Gasteiger partial charge in [0, 0.05) is 48.6 Å². The van der Waals surface area contributed by atoms with Crippen LogP contribution >= 0.6 is 11.8 Å². The van der Waals surface area contributed by atoms with Crippen molar-refractivity contribution in [3.8, 4) is 0 Å². The third-order valence-corrected chi connectivity index (χ3v) is 35.7. The zero-order chi connectivity index (χ0) is 105. The maximum atomic E-state index is 16.7. The Morgan fingerprint density at radius 3 is 1.63 bits per heavy atom. The number of esters is 1. The van der Waals surface area contributed by atoms with E-state index >= 15 is 4.79 Å². The number of nitrogens with one attached hydrogen (secondary N) is 1. The zero-order valence-corrected chi connectivity index (χ0v) is 83.8. The number of carbonyl (C=O) groups excluding carboxylic acids is 5. The van der Waals surface area contributed by atoms with E-state index in [9.17, 15) is 132 Å². The molecule has 0 aromatic heterocycles. The van der Waals surface area contributed by atoms with Gasteiger partial charge >= 0.3 is 5.97 Å². The van der Waals surface area contributed by atoms with Crippen LogP contribution < -0.4 is 5.43 Å². The number of aliphatic hydroxyl groups excluding tert-OH is 22. The number of imide groups is 1. The van der Waals surface area contributed by atoms with Gasteiger partial charge in [-0.05, 0) is 131 Å². The second-order valence-corrected chi connectivity index (χ2v) is 45.3. The van der Waals surface area contributed by atoms with Gasteiger partial charge < -0.3 is 202 Å². The summed E-state index contributed by atoms with van der Waals surface area (Å²) >= 11 is 1.20. The number of fused-ring (bicyclic) bond motifs is 7. The molecule has 828 valence electrons. The number of amides is 3. The second kappa shape index (κ2) is 46.4. The summed E-state index contributed by atoms with van der Waals surface area (Å²) in [6.07, 6.45) is -65.3. The van der Waals surface area contributed by atoms with E-state index in [0.717, 1.165) is 5.57 Å². The molecule has 145 heavy (non-hydrogen) atoms. The summed E-state index contributed by atoms with van der Waals surface area (Å²) in [4.78, 5) is 70.4. The Balaban J connectivity index is 0.724. The molecule has 3 amide bonds. The van der Waals surface area contributed by atoms with Gasteiger partial charge in [0.2, 0.25) is 30.3 Å². The van der Waals surface area contributed by atoms with Crippen molar-refractivity contribution in [1.29, 1.82) is 0 Å². The molecule has 0 bridgehead atoms. The largest absolute Gasteiger partial charge is 0.435 e. The minimum absolute atomic E-state index is 0.00762. The minimum Gasteiger partial charge on any atom is -0.435 e. The fourth-order valence-corrected chi connectivity index (χ4v) is 26.4. The first kappa shape index (κ1) is 115. The maximum Gasteiger partial charge on any atom is 0.317 e. The first-order chi connectivity index (χ1) is 68.5. The van der Waals surface area contributed by atoms with E-state index in [1.807, 2.05) is 6.92 Å². The van der Waals surface area contributed by atoms with Gasteiger partial charge in [0.1, 0.15) is 152 Å². The fourth-order valence-electron chi connectivity index (χ4n) is 25.5. The molecule has 5 aliphatic carbocycles. The van der Waals surface area contributed by atoms with Gasteiger partial charge in [-0.15, -0.1) is 11.8 Å². The molecule has 15 rings (SSSR count). The highest BCUT2D eigenvalue weighted by atomic mass is 32.2. The van der Waals surface area contributed by atoms with E-state index in [-0.39, 0.29) is 75.2 Å². The SMILES string of the molecule is CC1OC(OC2C(C)OC(OC(=O)[C@]34CCC(C)(C)CC3C3=CCC5[C@@]6(C)CC[C@H](OC7OC(OC=O)C(O)C(OC8OCC(O)C(O)C8O)C7OC7OC(CO)C(O)C(O)C7O)[C@@](C)(/C=N/NC(=O)CCCCCN7C(=O)C[C@H](SCCO)C7=O)C6CC[C@@]5(C)[C@]3(C)CC4O)C(OC3OC(C)C(OC4OCC(O)C(OC5OC(CO)C(O)C(O)C5O)C4O)C(O)C3C)C2O)C(O)C(OC2OCC(O)C(O)C2O)C1C. The molecule has 0 spiro atoms. The van der Waals surface area contributed by atoms with Crippen molar-refractivity contribution in [3.63, 3.8) is 0 Å². The molecule has 46 unspecified atom stereocenters. The molecule has 0 aromatic carbocycles. The molecule has 14 fully saturated rings. The molecule has 23 N–H and O–H groups in total. The first-order valence-corrected chi connectivity index (χ1v) is 51.6. The van der Waals surface area contributed by atoms with Gasteiger partial charge in [0.05, 0.1) is 87.6 Å². The van der Waals surface area contributed by atoms with E-state index in [4.69, 9.17) is 95.1 Å². The van der Waals surface area contributed by atoms with Gasteiger partial charge in [0.15, 0.2) is 56.4 Å². The molecule has 0 aromatic rings. The fraction of sp³-hybridized carbons (Fsp3) is 0.916. The van der Waals surface area contributed by atoms with Crippen LogP contribution in [0.2, 0.25) is 0 Å². The number of hydrogen-bond donors (Lipinski definition) is 23. The van der Waals surface area contributed by atoms with Crippen molar-refractivity contribution in [2.24, 2.45) is 67.2 Å². The lowest BCUT2D eigenvalue weighted by Gasteiger charge is -2.71. The van der Waals surface area contributed by atoms with Crippen LogP contribution in [0.3, 0.4) is 0 Å². The number of rotatable bonds is 33. The van der Waals surface area contributed by atoms with E-state index in [1.165, 1.54) is 37.4 Å². The average molecular weight is 2100 g/mol. The number of unbranched alkanes of at least 4 members (excludes halogenated alkanes) is 2. The van der Waals surface area contributed by atoms with Gasteiger partial charge in [-0.3, -0.25) is 28.9 Å². The lowest BCUT2D eigenvalue weighted by Crippen LogP contribution is -2.69. The number of ether oxygens (including phenoxy) is 19. The number of aliphatic hydroxyl groups is 22. The van der Waals surface area contributed by atoms with Crippen LogP contribution in [-0.2, 0) is 114 Å². The summed E-state index contributed by atoms with van der Waals surface area (Å²) in [5.41, 5.74) is -2.64. The Kier molecular flexibility index (Phi) is 36.7. The Morgan fingerprint density at radius 1 is 0.490 bits per heavy atom. The minimum atomic E-state index is -2.13. The number of thioether (sulfide) groups is 1. The molecule has 10 heterocycles. The van der Waals surface area contributed by atoms with Crippen LogP contribution in [0, 0.1) is 62.1 Å². The van der Waals surface area contributed by atoms with Crippen LogP contribution in [0.25, 0.3) is 0 Å². The predicted molar refractivity (Wildman–Crippen MR) is 486 cm³/mol. The normalized spacial score (nSPS) is 50.7. The van der Waals surface area contributed by atoms with Crippen LogP contribution in [0.4, 0.5) is 0 Å². The van der Waals surface area contributed by atoms with Crippen molar-refractivity contribution in [1.82, 2.24) is 10.3 Å². The van der Waals surface area contributed by atoms with Crippen LogP contribution in [0.5, 0.6) is 0 Å².